The maximum Gasteiger partial charge on any atom is 0.511 e. The smallest absolute Gasteiger partial charge is 0.275 e. The van der Waals surface area contributed by atoms with Crippen molar-refractivity contribution in [2.24, 2.45) is 5.92 Å². The number of hydrogen-bond donors (Lipinski definition) is 0. The van der Waals surface area contributed by atoms with E-state index >= 15 is 0 Å². The fourth-order valence-electron chi connectivity index (χ4n) is 2.20. The average molecular weight is 408 g/mol. The lowest BCUT2D eigenvalue weighted by Gasteiger charge is -2.22. The van der Waals surface area contributed by atoms with E-state index in [0.717, 1.165) is 5.06 Å². The molecule has 6 nitrogen and oxygen atoms in total. The number of amides is 1. The summed E-state index contributed by atoms with van der Waals surface area (Å²) in [6.07, 6.45) is 2.71. The first-order valence-electron chi connectivity index (χ1n) is 8.09. The molecular formula is C17H23F3N2O4S. The van der Waals surface area contributed by atoms with Crippen molar-refractivity contribution >= 4 is 15.9 Å². The van der Waals surface area contributed by atoms with Crippen LogP contribution in [0.4, 0.5) is 13.2 Å². The zero-order valence-electron chi connectivity index (χ0n) is 15.3. The summed E-state index contributed by atoms with van der Waals surface area (Å²) in [5, 5.41) is 0.981. The van der Waals surface area contributed by atoms with Gasteiger partial charge in [-0.3, -0.25) is 9.63 Å². The van der Waals surface area contributed by atoms with Crippen LogP contribution in [0.5, 0.6) is 0 Å². The number of halogens is 3. The summed E-state index contributed by atoms with van der Waals surface area (Å²) >= 11 is 0. The van der Waals surface area contributed by atoms with Gasteiger partial charge in [0.1, 0.15) is 0 Å². The highest BCUT2D eigenvalue weighted by Crippen LogP contribution is 2.27. The molecule has 1 atom stereocenters. The highest BCUT2D eigenvalue weighted by Gasteiger charge is 2.49. The van der Waals surface area contributed by atoms with Crippen LogP contribution in [0, 0.1) is 5.92 Å². The van der Waals surface area contributed by atoms with Crippen molar-refractivity contribution in [3.8, 4) is 0 Å². The van der Waals surface area contributed by atoms with Crippen molar-refractivity contribution < 1.29 is 31.2 Å². The lowest BCUT2D eigenvalue weighted by molar-refractivity contribution is -0.171. The van der Waals surface area contributed by atoms with E-state index in [1.165, 1.54) is 33.2 Å². The number of hydrogen-bond acceptors (Lipinski definition) is 4. The van der Waals surface area contributed by atoms with Crippen LogP contribution in [-0.4, -0.2) is 56.4 Å². The largest absolute Gasteiger partial charge is 0.511 e. The van der Waals surface area contributed by atoms with Crippen molar-refractivity contribution in [3.63, 3.8) is 0 Å². The second kappa shape index (κ2) is 9.86. The number of carbonyl (C=O) groups is 1. The van der Waals surface area contributed by atoms with Gasteiger partial charge in [0.15, 0.2) is 0 Å². The van der Waals surface area contributed by atoms with Gasteiger partial charge in [-0.05, 0) is 12.0 Å². The third-order valence-electron chi connectivity index (χ3n) is 3.83. The second-order valence-electron chi connectivity index (χ2n) is 5.78. The van der Waals surface area contributed by atoms with E-state index < -0.39 is 33.9 Å². The first-order chi connectivity index (χ1) is 12.5. The van der Waals surface area contributed by atoms with E-state index in [4.69, 9.17) is 4.84 Å². The zero-order chi connectivity index (χ0) is 20.7. The van der Waals surface area contributed by atoms with E-state index in [1.807, 2.05) is 0 Å². The molecule has 0 N–H and O–H groups in total. The lowest BCUT2D eigenvalue weighted by atomic mass is 10.1. The Kier molecular flexibility index (Phi) is 8.45. The number of carbonyl (C=O) groups excluding carboxylic acids is 1. The Bertz CT molecular complexity index is 736. The first-order valence-corrected chi connectivity index (χ1v) is 9.53. The van der Waals surface area contributed by atoms with Gasteiger partial charge in [-0.2, -0.15) is 17.5 Å². The Morgan fingerprint density at radius 2 is 1.85 bits per heavy atom. The molecule has 0 bridgehead atoms. The summed E-state index contributed by atoms with van der Waals surface area (Å²) in [6.45, 7) is 0.695. The Morgan fingerprint density at radius 3 is 2.37 bits per heavy atom. The number of nitrogens with zero attached hydrogens (tertiary/aromatic N) is 2. The monoisotopic (exact) mass is 408 g/mol. The van der Waals surface area contributed by atoms with Crippen molar-refractivity contribution in [2.75, 3.05) is 27.2 Å². The van der Waals surface area contributed by atoms with E-state index in [9.17, 15) is 26.4 Å². The zero-order valence-corrected chi connectivity index (χ0v) is 16.1. The van der Waals surface area contributed by atoms with Crippen LogP contribution in [0.2, 0.25) is 0 Å². The minimum Gasteiger partial charge on any atom is -0.275 e. The quantitative estimate of drug-likeness (QED) is 0.465. The van der Waals surface area contributed by atoms with E-state index in [1.54, 1.807) is 30.3 Å². The molecule has 0 aliphatic rings. The molecule has 10 heteroatoms. The number of alkyl halides is 3. The normalized spacial score (nSPS) is 13.9. The van der Waals surface area contributed by atoms with Gasteiger partial charge in [-0.15, -0.1) is 0 Å². The van der Waals surface area contributed by atoms with E-state index in [-0.39, 0.29) is 13.0 Å². The molecule has 0 aliphatic carbocycles. The van der Waals surface area contributed by atoms with Crippen LogP contribution >= 0.6 is 0 Å². The van der Waals surface area contributed by atoms with Crippen LogP contribution in [0.25, 0.3) is 0 Å². The van der Waals surface area contributed by atoms with Crippen LogP contribution in [0.1, 0.15) is 12.5 Å². The van der Waals surface area contributed by atoms with Crippen LogP contribution in [-0.2, 0) is 26.1 Å². The standard InChI is InChI=1S/C17H23F3N2O4S/c1-14(16(23)21(2)26-3)8-7-12-22(27(24,25)17(18,19)20)13-11-15-9-5-4-6-10-15/h4-10,14H,11-13H2,1-3H3/b8-7+/t14-/m0/s1. The molecule has 0 unspecified atom stereocenters. The first kappa shape index (κ1) is 23.1. The molecule has 0 spiro atoms. The fourth-order valence-corrected chi connectivity index (χ4v) is 3.10. The van der Waals surface area contributed by atoms with Crippen LogP contribution < -0.4 is 0 Å². The van der Waals surface area contributed by atoms with Crippen LogP contribution in [0.3, 0.4) is 0 Å². The molecule has 27 heavy (non-hydrogen) atoms. The average Bonchev–Trinajstić information content (AvgIpc) is 2.62. The van der Waals surface area contributed by atoms with Crippen molar-refractivity contribution in [1.29, 1.82) is 0 Å². The Hall–Kier alpha value is -1.91. The summed E-state index contributed by atoms with van der Waals surface area (Å²) in [6, 6.07) is 8.60. The minimum absolute atomic E-state index is 0.130. The molecular weight excluding hydrogens is 385 g/mol. The molecule has 0 saturated heterocycles. The molecule has 1 aromatic carbocycles. The molecule has 0 saturated carbocycles. The lowest BCUT2D eigenvalue weighted by Crippen LogP contribution is -2.42. The molecule has 0 aromatic heterocycles. The third-order valence-corrected chi connectivity index (χ3v) is 5.43. The second-order valence-corrected chi connectivity index (χ2v) is 7.71. The maximum absolute atomic E-state index is 12.9. The molecule has 1 aromatic rings. The Morgan fingerprint density at radius 1 is 1.26 bits per heavy atom. The predicted octanol–water partition coefficient (Wildman–Crippen LogP) is 2.59. The highest BCUT2D eigenvalue weighted by atomic mass is 32.2. The van der Waals surface area contributed by atoms with Gasteiger partial charge in [0.05, 0.1) is 13.0 Å². The molecule has 1 amide bonds. The molecule has 0 fully saturated rings. The molecule has 0 radical (unpaired) electrons. The fraction of sp³-hybridized carbons (Fsp3) is 0.471. The maximum atomic E-state index is 12.9. The number of sulfonamides is 1. The topological polar surface area (TPSA) is 66.9 Å². The van der Waals surface area contributed by atoms with Gasteiger partial charge in [0.2, 0.25) is 0 Å². The minimum atomic E-state index is -5.49. The Labute approximate surface area is 157 Å². The molecule has 152 valence electrons. The Balaban J connectivity index is 2.89. The molecule has 0 aliphatic heterocycles. The van der Waals surface area contributed by atoms with Gasteiger partial charge in [0.25, 0.3) is 5.91 Å². The van der Waals surface area contributed by atoms with Crippen LogP contribution in [0.15, 0.2) is 42.5 Å². The van der Waals surface area contributed by atoms with E-state index in [2.05, 4.69) is 0 Å². The van der Waals surface area contributed by atoms with Crippen molar-refractivity contribution in [1.82, 2.24) is 9.37 Å². The number of hydroxylamine groups is 2. The van der Waals surface area contributed by atoms with Crippen molar-refractivity contribution in [3.05, 3.63) is 48.0 Å². The highest BCUT2D eigenvalue weighted by molar-refractivity contribution is 7.90. The van der Waals surface area contributed by atoms with Gasteiger partial charge >= 0.3 is 15.5 Å². The summed E-state index contributed by atoms with van der Waals surface area (Å²) < 4.78 is 62.8. The SMILES string of the molecule is CON(C)C(=O)[C@@H](C)/C=C/CN(CCc1ccccc1)S(=O)(=O)C(F)(F)F. The number of benzene rings is 1. The number of rotatable bonds is 9. The molecule has 0 heterocycles. The van der Waals surface area contributed by atoms with E-state index in [0.29, 0.717) is 9.87 Å². The predicted molar refractivity (Wildman–Crippen MR) is 94.8 cm³/mol. The summed E-state index contributed by atoms with van der Waals surface area (Å²) in [5.41, 5.74) is -4.68. The summed E-state index contributed by atoms with van der Waals surface area (Å²) in [7, 11) is -2.79. The third kappa shape index (κ3) is 6.64. The van der Waals surface area contributed by atoms with Gasteiger partial charge < -0.3 is 0 Å². The van der Waals surface area contributed by atoms with Gasteiger partial charge in [-0.25, -0.2) is 13.5 Å². The van der Waals surface area contributed by atoms with Gasteiger partial charge in [0, 0.05) is 20.1 Å². The molecule has 1 rings (SSSR count). The summed E-state index contributed by atoms with van der Waals surface area (Å²) in [4.78, 5) is 16.6. The van der Waals surface area contributed by atoms with Gasteiger partial charge in [-0.1, -0.05) is 49.4 Å². The summed E-state index contributed by atoms with van der Waals surface area (Å²) in [5.74, 6) is -1.09. The van der Waals surface area contributed by atoms with Crippen molar-refractivity contribution in [2.45, 2.75) is 18.9 Å².